The van der Waals surface area contributed by atoms with Crippen LogP contribution in [0.25, 0.3) is 0 Å². The van der Waals surface area contributed by atoms with Crippen molar-refractivity contribution >= 4 is 5.78 Å². The molecule has 2 fully saturated rings. The molecule has 0 amide bonds. The summed E-state index contributed by atoms with van der Waals surface area (Å²) in [6.07, 6.45) is 7.32. The maximum atomic E-state index is 12.0. The van der Waals surface area contributed by atoms with Crippen LogP contribution in [0.5, 0.6) is 0 Å². The number of hydrogen-bond acceptors (Lipinski definition) is 1. The number of ketones is 1. The zero-order chi connectivity index (χ0) is 12.6. The van der Waals surface area contributed by atoms with E-state index >= 15 is 0 Å². The molecule has 2 aliphatic carbocycles. The van der Waals surface area contributed by atoms with Gasteiger partial charge in [-0.05, 0) is 42.4 Å². The maximum absolute atomic E-state index is 12.0. The van der Waals surface area contributed by atoms with Crippen molar-refractivity contribution in [3.8, 4) is 0 Å². The minimum atomic E-state index is 0.371. The zero-order valence-electron chi connectivity index (χ0n) is 12.0. The first kappa shape index (κ1) is 13.1. The molecule has 2 rings (SSSR count). The fourth-order valence-electron chi connectivity index (χ4n) is 4.47. The first-order valence-corrected chi connectivity index (χ1v) is 7.48. The quantitative estimate of drug-likeness (QED) is 0.692. The summed E-state index contributed by atoms with van der Waals surface area (Å²) in [6, 6.07) is 0. The van der Waals surface area contributed by atoms with E-state index in [1.165, 1.54) is 32.1 Å². The van der Waals surface area contributed by atoms with Gasteiger partial charge in [0.15, 0.2) is 0 Å². The Morgan fingerprint density at radius 2 is 2.00 bits per heavy atom. The molecular weight excluding hydrogens is 208 g/mol. The summed E-state index contributed by atoms with van der Waals surface area (Å²) in [5.74, 6) is 3.19. The molecule has 0 radical (unpaired) electrons. The van der Waals surface area contributed by atoms with Crippen LogP contribution < -0.4 is 0 Å². The van der Waals surface area contributed by atoms with Crippen LogP contribution in [-0.2, 0) is 4.79 Å². The summed E-state index contributed by atoms with van der Waals surface area (Å²) < 4.78 is 0. The van der Waals surface area contributed by atoms with Crippen LogP contribution >= 0.6 is 0 Å². The molecule has 0 saturated heterocycles. The SMILES string of the molecule is CCC(=O)C1CC2CCCC(C)(C)C2CC1C. The summed E-state index contributed by atoms with van der Waals surface area (Å²) in [5, 5.41) is 0. The van der Waals surface area contributed by atoms with Crippen LogP contribution in [-0.4, -0.2) is 5.78 Å². The van der Waals surface area contributed by atoms with Crippen molar-refractivity contribution in [2.24, 2.45) is 29.1 Å². The van der Waals surface area contributed by atoms with Gasteiger partial charge in [0.05, 0.1) is 0 Å². The molecule has 2 aliphatic rings. The molecular formula is C16H28O. The molecule has 2 saturated carbocycles. The molecule has 4 atom stereocenters. The Labute approximate surface area is 106 Å². The van der Waals surface area contributed by atoms with Crippen LogP contribution in [0.15, 0.2) is 0 Å². The third-order valence-electron chi connectivity index (χ3n) is 5.60. The predicted octanol–water partition coefficient (Wildman–Crippen LogP) is 4.45. The van der Waals surface area contributed by atoms with E-state index in [9.17, 15) is 4.79 Å². The number of carbonyl (C=O) groups excluding carboxylic acids is 1. The second-order valence-electron chi connectivity index (χ2n) is 7.12. The highest BCUT2D eigenvalue weighted by atomic mass is 16.1. The Hall–Kier alpha value is -0.330. The molecule has 0 aromatic rings. The van der Waals surface area contributed by atoms with Gasteiger partial charge in [-0.15, -0.1) is 0 Å². The second kappa shape index (κ2) is 4.74. The standard InChI is InChI=1S/C16H28O/c1-5-15(17)13-10-12-7-6-8-16(3,4)14(12)9-11(13)2/h11-14H,5-10H2,1-4H3. The summed E-state index contributed by atoms with van der Waals surface area (Å²) in [6.45, 7) is 9.21. The van der Waals surface area contributed by atoms with Crippen LogP contribution in [0.1, 0.15) is 66.2 Å². The number of Topliss-reactive ketones (excluding diaryl/α,β-unsaturated/α-hetero) is 1. The van der Waals surface area contributed by atoms with E-state index in [4.69, 9.17) is 0 Å². The highest BCUT2D eigenvalue weighted by Gasteiger charge is 2.45. The molecule has 4 unspecified atom stereocenters. The lowest BCUT2D eigenvalue weighted by Gasteiger charge is -2.50. The normalized spacial score (nSPS) is 40.7. The first-order valence-electron chi connectivity index (χ1n) is 7.48. The van der Waals surface area contributed by atoms with Gasteiger partial charge >= 0.3 is 0 Å². The van der Waals surface area contributed by atoms with Gasteiger partial charge in [0.2, 0.25) is 0 Å². The summed E-state index contributed by atoms with van der Waals surface area (Å²) >= 11 is 0. The van der Waals surface area contributed by atoms with E-state index in [1.807, 2.05) is 6.92 Å². The minimum Gasteiger partial charge on any atom is -0.299 e. The van der Waals surface area contributed by atoms with Crippen molar-refractivity contribution in [3.63, 3.8) is 0 Å². The lowest BCUT2D eigenvalue weighted by Crippen LogP contribution is -2.43. The van der Waals surface area contributed by atoms with Crippen molar-refractivity contribution in [3.05, 3.63) is 0 Å². The molecule has 1 heteroatoms. The number of fused-ring (bicyclic) bond motifs is 1. The lowest BCUT2D eigenvalue weighted by atomic mass is 9.54. The van der Waals surface area contributed by atoms with Crippen LogP contribution in [0.3, 0.4) is 0 Å². The maximum Gasteiger partial charge on any atom is 0.135 e. The van der Waals surface area contributed by atoms with Crippen molar-refractivity contribution in [1.29, 1.82) is 0 Å². The summed E-state index contributed by atoms with van der Waals surface area (Å²) in [5.41, 5.74) is 0.511. The van der Waals surface area contributed by atoms with Gasteiger partial charge < -0.3 is 0 Å². The van der Waals surface area contributed by atoms with E-state index in [1.54, 1.807) is 0 Å². The van der Waals surface area contributed by atoms with E-state index in [-0.39, 0.29) is 0 Å². The lowest BCUT2D eigenvalue weighted by molar-refractivity contribution is -0.128. The largest absolute Gasteiger partial charge is 0.299 e. The third-order valence-corrected chi connectivity index (χ3v) is 5.60. The van der Waals surface area contributed by atoms with Gasteiger partial charge in [-0.25, -0.2) is 0 Å². The number of carbonyl (C=O) groups is 1. The van der Waals surface area contributed by atoms with E-state index in [0.717, 1.165) is 18.3 Å². The molecule has 0 aromatic carbocycles. The number of rotatable bonds is 2. The van der Waals surface area contributed by atoms with Gasteiger partial charge in [0.1, 0.15) is 5.78 Å². The minimum absolute atomic E-state index is 0.371. The van der Waals surface area contributed by atoms with E-state index < -0.39 is 0 Å². The van der Waals surface area contributed by atoms with Crippen LogP contribution in [0, 0.1) is 29.1 Å². The Morgan fingerprint density at radius 1 is 1.29 bits per heavy atom. The smallest absolute Gasteiger partial charge is 0.135 e. The van der Waals surface area contributed by atoms with Crippen molar-refractivity contribution in [1.82, 2.24) is 0 Å². The van der Waals surface area contributed by atoms with Crippen molar-refractivity contribution in [2.75, 3.05) is 0 Å². The van der Waals surface area contributed by atoms with Crippen LogP contribution in [0.4, 0.5) is 0 Å². The zero-order valence-corrected chi connectivity index (χ0v) is 12.0. The fraction of sp³-hybridized carbons (Fsp3) is 0.938. The van der Waals surface area contributed by atoms with Crippen LogP contribution in [0.2, 0.25) is 0 Å². The van der Waals surface area contributed by atoms with Gasteiger partial charge in [0, 0.05) is 12.3 Å². The van der Waals surface area contributed by atoms with Gasteiger partial charge in [-0.3, -0.25) is 4.79 Å². The molecule has 0 aliphatic heterocycles. The molecule has 17 heavy (non-hydrogen) atoms. The molecule has 0 heterocycles. The molecule has 1 nitrogen and oxygen atoms in total. The molecule has 98 valence electrons. The second-order valence-corrected chi connectivity index (χ2v) is 7.12. The first-order chi connectivity index (χ1) is 7.95. The predicted molar refractivity (Wildman–Crippen MR) is 71.8 cm³/mol. The molecule has 0 spiro atoms. The molecule has 0 aromatic heterocycles. The Morgan fingerprint density at radius 3 is 2.65 bits per heavy atom. The Kier molecular flexibility index (Phi) is 3.66. The van der Waals surface area contributed by atoms with Gasteiger partial charge in [-0.2, -0.15) is 0 Å². The molecule has 0 bridgehead atoms. The summed E-state index contributed by atoms with van der Waals surface area (Å²) in [4.78, 5) is 12.0. The molecule has 0 N–H and O–H groups in total. The highest BCUT2D eigenvalue weighted by molar-refractivity contribution is 5.81. The Bertz CT molecular complexity index is 292. The monoisotopic (exact) mass is 236 g/mol. The highest BCUT2D eigenvalue weighted by Crippen LogP contribution is 2.53. The fourth-order valence-corrected chi connectivity index (χ4v) is 4.47. The average Bonchev–Trinajstić information content (AvgIpc) is 2.28. The topological polar surface area (TPSA) is 17.1 Å². The van der Waals surface area contributed by atoms with E-state index in [0.29, 0.717) is 23.0 Å². The number of hydrogen-bond donors (Lipinski definition) is 0. The van der Waals surface area contributed by atoms with Gasteiger partial charge in [-0.1, -0.05) is 40.5 Å². The van der Waals surface area contributed by atoms with Crippen molar-refractivity contribution < 1.29 is 4.79 Å². The summed E-state index contributed by atoms with van der Waals surface area (Å²) in [7, 11) is 0. The van der Waals surface area contributed by atoms with E-state index in [2.05, 4.69) is 20.8 Å². The Balaban J connectivity index is 2.12. The third kappa shape index (κ3) is 2.44. The average molecular weight is 236 g/mol. The van der Waals surface area contributed by atoms with Crippen molar-refractivity contribution in [2.45, 2.75) is 66.2 Å². The van der Waals surface area contributed by atoms with Gasteiger partial charge in [0.25, 0.3) is 0 Å².